The monoisotopic (exact) mass is 334 g/mol. The zero-order valence-corrected chi connectivity index (χ0v) is 11.6. The highest BCUT2D eigenvalue weighted by molar-refractivity contribution is 9.10. The molecule has 3 rings (SSSR count). The quantitative estimate of drug-likeness (QED) is 0.769. The Kier molecular flexibility index (Phi) is 3.23. The molecule has 100 valence electrons. The highest BCUT2D eigenvalue weighted by atomic mass is 79.9. The molecule has 1 heterocycles. The third-order valence-corrected chi connectivity index (χ3v) is 3.30. The van der Waals surface area contributed by atoms with Crippen molar-refractivity contribution in [3.05, 3.63) is 52.8 Å². The predicted molar refractivity (Wildman–Crippen MR) is 74.5 cm³/mol. The summed E-state index contributed by atoms with van der Waals surface area (Å²) < 4.78 is 18.7. The van der Waals surface area contributed by atoms with E-state index in [2.05, 4.69) is 26.1 Å². The van der Waals surface area contributed by atoms with E-state index in [-0.39, 0.29) is 17.5 Å². The topological polar surface area (TPSA) is 59.2 Å². The number of phenolic OH excluding ortho intramolecular Hbond substituents is 1. The fourth-order valence-corrected chi connectivity index (χ4v) is 2.11. The molecule has 0 amide bonds. The minimum Gasteiger partial charge on any atom is -0.508 e. The average Bonchev–Trinajstić information content (AvgIpc) is 2.92. The van der Waals surface area contributed by atoms with Crippen LogP contribution in [0.1, 0.15) is 0 Å². The van der Waals surface area contributed by atoms with Crippen LogP contribution in [0.15, 0.2) is 51.5 Å². The number of aromatic nitrogens is 2. The van der Waals surface area contributed by atoms with Gasteiger partial charge < -0.3 is 9.63 Å². The molecule has 0 unspecified atom stereocenters. The Hall–Kier alpha value is -2.21. The first kappa shape index (κ1) is 12.8. The van der Waals surface area contributed by atoms with Gasteiger partial charge in [0.2, 0.25) is 5.82 Å². The fourth-order valence-electron chi connectivity index (χ4n) is 1.73. The van der Waals surface area contributed by atoms with E-state index in [0.717, 1.165) is 0 Å². The Labute approximate surface area is 122 Å². The van der Waals surface area contributed by atoms with E-state index in [1.165, 1.54) is 12.1 Å². The fraction of sp³-hybridized carbons (Fsp3) is 0. The SMILES string of the molecule is Oc1cccc(-c2noc(-c3ccc(F)c(Br)c3)n2)c1. The number of aromatic hydroxyl groups is 1. The second-order valence-electron chi connectivity index (χ2n) is 4.10. The molecule has 4 nitrogen and oxygen atoms in total. The van der Waals surface area contributed by atoms with Crippen LogP contribution in [0.3, 0.4) is 0 Å². The first-order chi connectivity index (χ1) is 9.63. The molecule has 1 N–H and O–H groups in total. The van der Waals surface area contributed by atoms with Crippen LogP contribution < -0.4 is 0 Å². The van der Waals surface area contributed by atoms with E-state index in [1.807, 2.05) is 0 Å². The minimum absolute atomic E-state index is 0.123. The number of halogens is 2. The minimum atomic E-state index is -0.360. The number of phenols is 1. The lowest BCUT2D eigenvalue weighted by Gasteiger charge is -1.97. The standard InChI is InChI=1S/C14H8BrFN2O2/c15-11-7-9(4-5-12(11)16)14-17-13(18-20-14)8-2-1-3-10(19)6-8/h1-7,19H. The maximum absolute atomic E-state index is 13.2. The lowest BCUT2D eigenvalue weighted by molar-refractivity contribution is 0.432. The molecule has 2 aromatic carbocycles. The summed E-state index contributed by atoms with van der Waals surface area (Å²) >= 11 is 3.11. The Morgan fingerprint density at radius 2 is 1.95 bits per heavy atom. The number of nitrogens with zero attached hydrogens (tertiary/aromatic N) is 2. The molecular formula is C14H8BrFN2O2. The van der Waals surface area contributed by atoms with E-state index in [1.54, 1.807) is 30.3 Å². The lowest BCUT2D eigenvalue weighted by Crippen LogP contribution is -1.83. The van der Waals surface area contributed by atoms with Gasteiger partial charge in [0.1, 0.15) is 11.6 Å². The van der Waals surface area contributed by atoms with Crippen LogP contribution in [0, 0.1) is 5.82 Å². The summed E-state index contributed by atoms with van der Waals surface area (Å²) in [5, 5.41) is 13.3. The van der Waals surface area contributed by atoms with E-state index >= 15 is 0 Å². The molecule has 0 radical (unpaired) electrons. The van der Waals surface area contributed by atoms with Crippen molar-refractivity contribution in [3.8, 4) is 28.6 Å². The van der Waals surface area contributed by atoms with Crippen molar-refractivity contribution in [2.24, 2.45) is 0 Å². The van der Waals surface area contributed by atoms with Gasteiger partial charge in [0.25, 0.3) is 5.89 Å². The molecule has 20 heavy (non-hydrogen) atoms. The van der Waals surface area contributed by atoms with Gasteiger partial charge in [-0.05, 0) is 46.3 Å². The Balaban J connectivity index is 1.99. The van der Waals surface area contributed by atoms with Crippen molar-refractivity contribution in [2.75, 3.05) is 0 Å². The van der Waals surface area contributed by atoms with E-state index in [9.17, 15) is 9.50 Å². The molecule has 6 heteroatoms. The van der Waals surface area contributed by atoms with Crippen LogP contribution in [0.25, 0.3) is 22.8 Å². The van der Waals surface area contributed by atoms with Crippen molar-refractivity contribution in [3.63, 3.8) is 0 Å². The first-order valence-corrected chi connectivity index (χ1v) is 6.51. The molecule has 0 aliphatic carbocycles. The summed E-state index contributed by atoms with van der Waals surface area (Å²) in [6.07, 6.45) is 0. The Bertz CT molecular complexity index is 773. The molecular weight excluding hydrogens is 327 g/mol. The summed E-state index contributed by atoms with van der Waals surface area (Å²) in [5.74, 6) is 0.403. The van der Waals surface area contributed by atoms with Crippen LogP contribution in [0.4, 0.5) is 4.39 Å². The second kappa shape index (κ2) is 5.05. The summed E-state index contributed by atoms with van der Waals surface area (Å²) in [7, 11) is 0. The van der Waals surface area contributed by atoms with Crippen LogP contribution in [0.5, 0.6) is 5.75 Å². The van der Waals surface area contributed by atoms with Crippen molar-refractivity contribution >= 4 is 15.9 Å². The molecule has 0 aliphatic heterocycles. The van der Waals surface area contributed by atoms with Gasteiger partial charge in [-0.1, -0.05) is 17.3 Å². The normalized spacial score (nSPS) is 10.7. The summed E-state index contributed by atoms with van der Waals surface area (Å²) in [6.45, 7) is 0. The average molecular weight is 335 g/mol. The lowest BCUT2D eigenvalue weighted by atomic mass is 10.2. The summed E-state index contributed by atoms with van der Waals surface area (Å²) in [4.78, 5) is 4.23. The zero-order chi connectivity index (χ0) is 14.1. The van der Waals surface area contributed by atoms with Gasteiger partial charge in [0, 0.05) is 11.1 Å². The molecule has 0 saturated heterocycles. The first-order valence-electron chi connectivity index (χ1n) is 5.72. The van der Waals surface area contributed by atoms with Crippen LogP contribution >= 0.6 is 15.9 Å². The van der Waals surface area contributed by atoms with Crippen molar-refractivity contribution in [1.29, 1.82) is 0 Å². The maximum atomic E-state index is 13.2. The molecule has 0 aliphatic rings. The highest BCUT2D eigenvalue weighted by Gasteiger charge is 2.12. The molecule has 3 aromatic rings. The van der Waals surface area contributed by atoms with E-state index in [4.69, 9.17) is 4.52 Å². The van der Waals surface area contributed by atoms with Gasteiger partial charge >= 0.3 is 0 Å². The van der Waals surface area contributed by atoms with Crippen molar-refractivity contribution in [2.45, 2.75) is 0 Å². The summed E-state index contributed by atoms with van der Waals surface area (Å²) in [6, 6.07) is 11.0. The van der Waals surface area contributed by atoms with Crippen molar-refractivity contribution in [1.82, 2.24) is 10.1 Å². The highest BCUT2D eigenvalue weighted by Crippen LogP contribution is 2.27. The molecule has 1 aromatic heterocycles. The van der Waals surface area contributed by atoms with E-state index < -0.39 is 0 Å². The Morgan fingerprint density at radius 1 is 1.10 bits per heavy atom. The second-order valence-corrected chi connectivity index (χ2v) is 4.96. The molecule has 0 saturated carbocycles. The van der Waals surface area contributed by atoms with E-state index in [0.29, 0.717) is 21.4 Å². The molecule has 0 spiro atoms. The maximum Gasteiger partial charge on any atom is 0.258 e. The third-order valence-electron chi connectivity index (χ3n) is 2.70. The number of benzene rings is 2. The van der Waals surface area contributed by atoms with Gasteiger partial charge in [0.15, 0.2) is 0 Å². The van der Waals surface area contributed by atoms with Gasteiger partial charge in [0.05, 0.1) is 4.47 Å². The van der Waals surface area contributed by atoms with Crippen LogP contribution in [-0.4, -0.2) is 15.2 Å². The number of hydrogen-bond donors (Lipinski definition) is 1. The number of hydrogen-bond acceptors (Lipinski definition) is 4. The largest absolute Gasteiger partial charge is 0.508 e. The third kappa shape index (κ3) is 2.42. The van der Waals surface area contributed by atoms with Gasteiger partial charge in [-0.2, -0.15) is 4.98 Å². The number of rotatable bonds is 2. The molecule has 0 bridgehead atoms. The van der Waals surface area contributed by atoms with Gasteiger partial charge in [-0.3, -0.25) is 0 Å². The van der Waals surface area contributed by atoms with Crippen molar-refractivity contribution < 1.29 is 14.0 Å². The molecule has 0 atom stereocenters. The van der Waals surface area contributed by atoms with Gasteiger partial charge in [-0.25, -0.2) is 4.39 Å². The zero-order valence-electron chi connectivity index (χ0n) is 10.0. The van der Waals surface area contributed by atoms with Crippen LogP contribution in [0.2, 0.25) is 0 Å². The summed E-state index contributed by atoms with van der Waals surface area (Å²) in [5.41, 5.74) is 1.25. The van der Waals surface area contributed by atoms with Crippen LogP contribution in [-0.2, 0) is 0 Å². The Morgan fingerprint density at radius 3 is 2.70 bits per heavy atom. The predicted octanol–water partition coefficient (Wildman–Crippen LogP) is 4.01. The smallest absolute Gasteiger partial charge is 0.258 e. The molecule has 0 fully saturated rings. The van der Waals surface area contributed by atoms with Gasteiger partial charge in [-0.15, -0.1) is 0 Å².